The second-order valence-corrected chi connectivity index (χ2v) is 3.19. The predicted molar refractivity (Wildman–Crippen MR) is 56.4 cm³/mol. The third kappa shape index (κ3) is 5.11. The molecule has 0 heterocycles. The van der Waals surface area contributed by atoms with Gasteiger partial charge in [0.1, 0.15) is 6.67 Å². The van der Waals surface area contributed by atoms with Crippen molar-refractivity contribution in [1.29, 1.82) is 0 Å². The number of hydrogen-bond acceptors (Lipinski definition) is 3. The highest BCUT2D eigenvalue weighted by Crippen LogP contribution is 2.05. The van der Waals surface area contributed by atoms with E-state index < -0.39 is 18.2 Å². The Morgan fingerprint density at radius 3 is 2.67 bits per heavy atom. The van der Waals surface area contributed by atoms with Crippen LogP contribution in [0.5, 0.6) is 0 Å². The number of halogens is 1. The van der Waals surface area contributed by atoms with Gasteiger partial charge in [0.2, 0.25) is 0 Å². The van der Waals surface area contributed by atoms with Gasteiger partial charge in [-0.15, -0.1) is 0 Å². The van der Waals surface area contributed by atoms with E-state index in [2.05, 4.69) is 4.99 Å². The van der Waals surface area contributed by atoms with Crippen LogP contribution >= 0.6 is 0 Å². The molecular formula is C9H16FN3O2. The van der Waals surface area contributed by atoms with Gasteiger partial charge < -0.3 is 16.6 Å². The quantitative estimate of drug-likeness (QED) is 0.253. The number of hydrogen-bond donors (Lipinski definition) is 3. The van der Waals surface area contributed by atoms with E-state index in [0.29, 0.717) is 18.8 Å². The lowest BCUT2D eigenvalue weighted by molar-refractivity contribution is -0.141. The van der Waals surface area contributed by atoms with Crippen LogP contribution in [0.2, 0.25) is 0 Å². The minimum Gasteiger partial charge on any atom is -0.480 e. The molecule has 0 saturated carbocycles. The largest absolute Gasteiger partial charge is 0.480 e. The summed E-state index contributed by atoms with van der Waals surface area (Å²) in [5.41, 5.74) is 8.61. The van der Waals surface area contributed by atoms with E-state index in [9.17, 15) is 9.18 Å². The van der Waals surface area contributed by atoms with E-state index in [1.54, 1.807) is 6.92 Å². The van der Waals surface area contributed by atoms with E-state index in [-0.39, 0.29) is 0 Å². The van der Waals surface area contributed by atoms with Crippen LogP contribution in [0.15, 0.2) is 17.1 Å². The van der Waals surface area contributed by atoms with Crippen LogP contribution in [0.25, 0.3) is 0 Å². The monoisotopic (exact) mass is 217 g/mol. The summed E-state index contributed by atoms with van der Waals surface area (Å²) < 4.78 is 12.3. The van der Waals surface area contributed by atoms with Crippen LogP contribution in [0.3, 0.4) is 0 Å². The summed E-state index contributed by atoms with van der Waals surface area (Å²) in [5.74, 6) is -0.939. The molecule has 0 rings (SSSR count). The van der Waals surface area contributed by atoms with Crippen LogP contribution < -0.4 is 11.5 Å². The zero-order valence-electron chi connectivity index (χ0n) is 8.61. The molecule has 0 saturated heterocycles. The van der Waals surface area contributed by atoms with Crippen molar-refractivity contribution in [2.24, 2.45) is 16.5 Å². The number of carboxylic acid groups (broad SMARTS) is 1. The molecule has 5 nitrogen and oxygen atoms in total. The third-order valence-electron chi connectivity index (χ3n) is 1.69. The Bertz CT molecular complexity index is 275. The number of aliphatic imine (C=N–C) groups is 1. The van der Waals surface area contributed by atoms with E-state index in [0.717, 1.165) is 6.08 Å². The minimum atomic E-state index is -1.93. The molecule has 0 aliphatic rings. The second kappa shape index (κ2) is 6.13. The molecule has 0 spiro atoms. The Morgan fingerprint density at radius 1 is 1.67 bits per heavy atom. The fraction of sp³-hybridized carbons (Fsp3) is 0.556. The van der Waals surface area contributed by atoms with Gasteiger partial charge in [0, 0.05) is 6.54 Å². The van der Waals surface area contributed by atoms with Gasteiger partial charge >= 0.3 is 5.97 Å². The molecule has 5 N–H and O–H groups in total. The number of rotatable bonds is 6. The second-order valence-electron chi connectivity index (χ2n) is 3.19. The van der Waals surface area contributed by atoms with Gasteiger partial charge in [0.25, 0.3) is 0 Å². The average Bonchev–Trinajstić information content (AvgIpc) is 2.16. The van der Waals surface area contributed by atoms with Crippen LogP contribution in [0, 0.1) is 0 Å². The van der Waals surface area contributed by atoms with Crippen molar-refractivity contribution < 1.29 is 14.3 Å². The number of nitrogens with two attached hydrogens (primary N) is 2. The van der Waals surface area contributed by atoms with E-state index in [4.69, 9.17) is 16.6 Å². The molecule has 0 amide bonds. The molecule has 0 bridgehead atoms. The fourth-order valence-corrected chi connectivity index (χ4v) is 0.782. The van der Waals surface area contributed by atoms with E-state index in [1.807, 2.05) is 0 Å². The molecule has 0 aromatic rings. The van der Waals surface area contributed by atoms with Crippen molar-refractivity contribution in [3.63, 3.8) is 0 Å². The van der Waals surface area contributed by atoms with Crippen molar-refractivity contribution >= 4 is 11.8 Å². The van der Waals surface area contributed by atoms with Crippen molar-refractivity contribution in [2.75, 3.05) is 13.2 Å². The SMILES string of the molecule is CC(N)=NCC/C=C\C(N)(CF)C(=O)O. The van der Waals surface area contributed by atoms with Gasteiger partial charge in [-0.3, -0.25) is 4.99 Å². The molecule has 86 valence electrons. The molecular weight excluding hydrogens is 201 g/mol. The van der Waals surface area contributed by atoms with Gasteiger partial charge in [0.15, 0.2) is 5.54 Å². The van der Waals surface area contributed by atoms with Crippen molar-refractivity contribution in [2.45, 2.75) is 18.9 Å². The maximum absolute atomic E-state index is 12.3. The Kier molecular flexibility index (Phi) is 5.54. The summed E-state index contributed by atoms with van der Waals surface area (Å²) in [7, 11) is 0. The van der Waals surface area contributed by atoms with Crippen LogP contribution in [0.4, 0.5) is 4.39 Å². The Morgan fingerprint density at radius 2 is 2.27 bits per heavy atom. The first-order chi connectivity index (χ1) is 6.92. The molecule has 0 radical (unpaired) electrons. The summed E-state index contributed by atoms with van der Waals surface area (Å²) in [6, 6.07) is 0. The molecule has 0 aromatic carbocycles. The summed E-state index contributed by atoms with van der Waals surface area (Å²) in [5, 5.41) is 8.61. The number of alkyl halides is 1. The number of aliphatic carboxylic acids is 1. The number of amidine groups is 1. The standard InChI is InChI=1S/C9H16FN3O2/c1-7(11)13-5-3-2-4-9(12,6-10)8(14)15/h2,4H,3,5-6,12H2,1H3,(H2,11,13)(H,14,15)/b4-2-. The number of carboxylic acids is 1. The lowest BCUT2D eigenvalue weighted by atomic mass is 10.0. The highest BCUT2D eigenvalue weighted by Gasteiger charge is 2.30. The predicted octanol–water partition coefficient (Wildman–Crippen LogP) is 0.0614. The highest BCUT2D eigenvalue weighted by molar-refractivity contribution is 5.81. The number of nitrogens with zero attached hydrogens (tertiary/aromatic N) is 1. The Balaban J connectivity index is 4.15. The van der Waals surface area contributed by atoms with E-state index >= 15 is 0 Å². The molecule has 1 atom stereocenters. The Labute approximate surface area is 87.7 Å². The minimum absolute atomic E-state index is 0.431. The van der Waals surface area contributed by atoms with E-state index in [1.165, 1.54) is 6.08 Å². The summed E-state index contributed by atoms with van der Waals surface area (Å²) in [4.78, 5) is 14.4. The first kappa shape index (κ1) is 13.6. The normalized spacial score (nSPS) is 16.6. The average molecular weight is 217 g/mol. The van der Waals surface area contributed by atoms with Crippen LogP contribution in [-0.2, 0) is 4.79 Å². The Hall–Kier alpha value is -1.43. The molecule has 0 aliphatic carbocycles. The molecule has 0 fully saturated rings. The maximum Gasteiger partial charge on any atom is 0.330 e. The molecule has 0 aliphatic heterocycles. The van der Waals surface area contributed by atoms with Crippen molar-refractivity contribution in [3.05, 3.63) is 12.2 Å². The topological polar surface area (TPSA) is 102 Å². The van der Waals surface area contributed by atoms with Crippen LogP contribution in [-0.4, -0.2) is 35.7 Å². The first-order valence-electron chi connectivity index (χ1n) is 4.45. The highest BCUT2D eigenvalue weighted by atomic mass is 19.1. The third-order valence-corrected chi connectivity index (χ3v) is 1.69. The van der Waals surface area contributed by atoms with Gasteiger partial charge in [0.05, 0.1) is 5.84 Å². The van der Waals surface area contributed by atoms with Crippen molar-refractivity contribution in [1.82, 2.24) is 0 Å². The summed E-state index contributed by atoms with van der Waals surface area (Å²) in [6.45, 7) is 0.939. The zero-order valence-corrected chi connectivity index (χ0v) is 8.61. The first-order valence-corrected chi connectivity index (χ1v) is 4.45. The smallest absolute Gasteiger partial charge is 0.330 e. The lowest BCUT2D eigenvalue weighted by Gasteiger charge is -2.15. The molecule has 6 heteroatoms. The summed E-state index contributed by atoms with van der Waals surface area (Å²) in [6.07, 6.45) is 3.09. The van der Waals surface area contributed by atoms with Gasteiger partial charge in [-0.1, -0.05) is 12.2 Å². The zero-order chi connectivity index (χ0) is 11.9. The van der Waals surface area contributed by atoms with Gasteiger partial charge in [-0.25, -0.2) is 9.18 Å². The summed E-state index contributed by atoms with van der Waals surface area (Å²) >= 11 is 0. The molecule has 1 unspecified atom stereocenters. The van der Waals surface area contributed by atoms with Crippen LogP contribution in [0.1, 0.15) is 13.3 Å². The van der Waals surface area contributed by atoms with Crippen molar-refractivity contribution in [3.8, 4) is 0 Å². The fourth-order valence-electron chi connectivity index (χ4n) is 0.782. The lowest BCUT2D eigenvalue weighted by Crippen LogP contribution is -2.48. The molecule has 15 heavy (non-hydrogen) atoms. The van der Waals surface area contributed by atoms with Gasteiger partial charge in [-0.05, 0) is 13.3 Å². The molecule has 0 aromatic heterocycles. The number of carbonyl (C=O) groups is 1. The van der Waals surface area contributed by atoms with Gasteiger partial charge in [-0.2, -0.15) is 0 Å². The maximum atomic E-state index is 12.3.